The molecule has 104 valence electrons. The van der Waals surface area contributed by atoms with Crippen LogP contribution < -0.4 is 0 Å². The number of carbonyl (C=O) groups is 1. The van der Waals surface area contributed by atoms with Gasteiger partial charge in [-0.1, -0.05) is 24.4 Å². The zero-order valence-corrected chi connectivity index (χ0v) is 11.3. The number of amides is 1. The van der Waals surface area contributed by atoms with Crippen LogP contribution in [0.25, 0.3) is 0 Å². The topological polar surface area (TPSA) is 59.2 Å². The highest BCUT2D eigenvalue weighted by Crippen LogP contribution is 2.26. The molecule has 1 amide bonds. The molecule has 0 unspecified atom stereocenters. The Morgan fingerprint density at radius 2 is 2.05 bits per heavy atom. The summed E-state index contributed by atoms with van der Waals surface area (Å²) in [6.07, 6.45) is 9.09. The van der Waals surface area contributed by atoms with E-state index in [1.54, 1.807) is 0 Å². The highest BCUT2D eigenvalue weighted by Gasteiger charge is 2.23. The van der Waals surface area contributed by atoms with E-state index in [2.05, 4.69) is 10.1 Å². The highest BCUT2D eigenvalue weighted by atomic mass is 16.5. The third kappa shape index (κ3) is 3.14. The number of nitrogens with zero attached hydrogens (tertiary/aromatic N) is 3. The van der Waals surface area contributed by atoms with Gasteiger partial charge in [-0.25, -0.2) is 0 Å². The number of rotatable bonds is 4. The molecule has 1 aromatic heterocycles. The van der Waals surface area contributed by atoms with Crippen molar-refractivity contribution in [2.45, 2.75) is 57.9 Å². The van der Waals surface area contributed by atoms with Gasteiger partial charge >= 0.3 is 0 Å². The monoisotopic (exact) mass is 263 g/mol. The molecule has 2 aliphatic rings. The lowest BCUT2D eigenvalue weighted by Gasteiger charge is -2.19. The van der Waals surface area contributed by atoms with E-state index in [-0.39, 0.29) is 5.91 Å². The van der Waals surface area contributed by atoms with Crippen LogP contribution in [0.4, 0.5) is 0 Å². The first-order valence-electron chi connectivity index (χ1n) is 7.40. The number of aromatic nitrogens is 2. The fourth-order valence-corrected chi connectivity index (χ4v) is 3.12. The van der Waals surface area contributed by atoms with Gasteiger partial charge in [-0.2, -0.15) is 4.98 Å². The summed E-state index contributed by atoms with van der Waals surface area (Å²) in [5.41, 5.74) is 0. The molecule has 1 saturated heterocycles. The fraction of sp³-hybridized carbons (Fsp3) is 0.786. The predicted molar refractivity (Wildman–Crippen MR) is 69.2 cm³/mol. The molecule has 0 radical (unpaired) electrons. The summed E-state index contributed by atoms with van der Waals surface area (Å²) < 4.78 is 5.31. The Kier molecular flexibility index (Phi) is 3.80. The Morgan fingerprint density at radius 3 is 2.79 bits per heavy atom. The average Bonchev–Trinajstić information content (AvgIpc) is 3.02. The first kappa shape index (κ1) is 12.6. The van der Waals surface area contributed by atoms with Crippen molar-refractivity contribution in [1.29, 1.82) is 0 Å². The van der Waals surface area contributed by atoms with E-state index in [4.69, 9.17) is 4.52 Å². The molecule has 2 heterocycles. The molecular formula is C14H21N3O2. The van der Waals surface area contributed by atoms with E-state index in [1.807, 2.05) is 4.90 Å². The van der Waals surface area contributed by atoms with Crippen molar-refractivity contribution in [2.75, 3.05) is 6.54 Å². The summed E-state index contributed by atoms with van der Waals surface area (Å²) in [6, 6.07) is 0. The zero-order valence-electron chi connectivity index (χ0n) is 11.3. The van der Waals surface area contributed by atoms with Crippen molar-refractivity contribution in [1.82, 2.24) is 15.0 Å². The second-order valence-electron chi connectivity index (χ2n) is 5.73. The van der Waals surface area contributed by atoms with E-state index in [0.717, 1.165) is 25.3 Å². The summed E-state index contributed by atoms with van der Waals surface area (Å²) in [7, 11) is 0. The Hall–Kier alpha value is -1.39. The van der Waals surface area contributed by atoms with Crippen LogP contribution >= 0.6 is 0 Å². The Bertz CT molecular complexity index is 438. The van der Waals surface area contributed by atoms with Crippen LogP contribution in [0.3, 0.4) is 0 Å². The standard InChI is InChI=1S/C14H21N3O2/c18-14-7-4-8-17(14)10-12-15-13(19-16-12)9-11-5-2-1-3-6-11/h11H,1-10H2. The van der Waals surface area contributed by atoms with Crippen LogP contribution in [0.5, 0.6) is 0 Å². The molecule has 19 heavy (non-hydrogen) atoms. The van der Waals surface area contributed by atoms with E-state index in [9.17, 15) is 4.79 Å². The first-order valence-corrected chi connectivity index (χ1v) is 7.40. The molecule has 0 atom stereocenters. The van der Waals surface area contributed by atoms with Crippen molar-refractivity contribution < 1.29 is 9.32 Å². The lowest BCUT2D eigenvalue weighted by atomic mass is 9.87. The molecule has 1 saturated carbocycles. The largest absolute Gasteiger partial charge is 0.339 e. The highest BCUT2D eigenvalue weighted by molar-refractivity contribution is 5.77. The van der Waals surface area contributed by atoms with Crippen LogP contribution in [0, 0.1) is 5.92 Å². The maximum Gasteiger partial charge on any atom is 0.226 e. The second-order valence-corrected chi connectivity index (χ2v) is 5.73. The van der Waals surface area contributed by atoms with Crippen LogP contribution in [-0.4, -0.2) is 27.5 Å². The maximum absolute atomic E-state index is 11.5. The number of hydrogen-bond donors (Lipinski definition) is 0. The van der Waals surface area contributed by atoms with Gasteiger partial charge in [0.15, 0.2) is 5.82 Å². The van der Waals surface area contributed by atoms with Gasteiger partial charge in [0.2, 0.25) is 11.8 Å². The lowest BCUT2D eigenvalue weighted by molar-refractivity contribution is -0.128. The van der Waals surface area contributed by atoms with E-state index in [1.165, 1.54) is 32.1 Å². The molecule has 1 aromatic rings. The molecule has 0 N–H and O–H groups in total. The molecule has 0 aromatic carbocycles. The third-order valence-electron chi connectivity index (χ3n) is 4.20. The van der Waals surface area contributed by atoms with Gasteiger partial charge < -0.3 is 9.42 Å². The number of hydrogen-bond acceptors (Lipinski definition) is 4. The predicted octanol–water partition coefficient (Wildman–Crippen LogP) is 2.31. The molecule has 0 spiro atoms. The van der Waals surface area contributed by atoms with Crippen molar-refractivity contribution >= 4 is 5.91 Å². The smallest absolute Gasteiger partial charge is 0.226 e. The first-order chi connectivity index (χ1) is 9.31. The molecule has 1 aliphatic heterocycles. The number of likely N-dealkylation sites (tertiary alicyclic amines) is 1. The Morgan fingerprint density at radius 1 is 1.21 bits per heavy atom. The summed E-state index contributed by atoms with van der Waals surface area (Å²) in [6.45, 7) is 1.33. The average molecular weight is 263 g/mol. The SMILES string of the molecule is O=C1CCCN1Cc1noc(CC2CCCCC2)n1. The van der Waals surface area contributed by atoms with Crippen molar-refractivity contribution in [3.8, 4) is 0 Å². The van der Waals surface area contributed by atoms with Crippen LogP contribution in [0.1, 0.15) is 56.7 Å². The zero-order chi connectivity index (χ0) is 13.1. The molecule has 0 bridgehead atoms. The maximum atomic E-state index is 11.5. The molecule has 3 rings (SSSR count). The molecular weight excluding hydrogens is 242 g/mol. The van der Waals surface area contributed by atoms with Gasteiger partial charge in [0.25, 0.3) is 0 Å². The van der Waals surface area contributed by atoms with Crippen LogP contribution in [0.15, 0.2) is 4.52 Å². The molecule has 1 aliphatic carbocycles. The van der Waals surface area contributed by atoms with Crippen LogP contribution in [-0.2, 0) is 17.8 Å². The van der Waals surface area contributed by atoms with Gasteiger partial charge in [0, 0.05) is 19.4 Å². The summed E-state index contributed by atoms with van der Waals surface area (Å²) in [5, 5.41) is 4.00. The van der Waals surface area contributed by atoms with Crippen molar-refractivity contribution in [3.05, 3.63) is 11.7 Å². The second kappa shape index (κ2) is 5.72. The van der Waals surface area contributed by atoms with Crippen molar-refractivity contribution in [2.24, 2.45) is 5.92 Å². The minimum atomic E-state index is 0.207. The normalized spacial score (nSPS) is 21.3. The van der Waals surface area contributed by atoms with Gasteiger partial charge in [-0.05, 0) is 25.2 Å². The number of carbonyl (C=O) groups excluding carboxylic acids is 1. The van der Waals surface area contributed by atoms with Crippen LogP contribution in [0.2, 0.25) is 0 Å². The summed E-state index contributed by atoms with van der Waals surface area (Å²) in [4.78, 5) is 17.8. The molecule has 5 heteroatoms. The van der Waals surface area contributed by atoms with E-state index < -0.39 is 0 Å². The molecule has 5 nitrogen and oxygen atoms in total. The third-order valence-corrected chi connectivity index (χ3v) is 4.20. The van der Waals surface area contributed by atoms with Gasteiger partial charge in [-0.3, -0.25) is 4.79 Å². The van der Waals surface area contributed by atoms with Gasteiger partial charge in [0.05, 0.1) is 6.54 Å². The van der Waals surface area contributed by atoms with E-state index >= 15 is 0 Å². The van der Waals surface area contributed by atoms with Crippen molar-refractivity contribution in [3.63, 3.8) is 0 Å². The fourth-order valence-electron chi connectivity index (χ4n) is 3.12. The van der Waals surface area contributed by atoms with Gasteiger partial charge in [-0.15, -0.1) is 0 Å². The Balaban J connectivity index is 1.55. The van der Waals surface area contributed by atoms with E-state index in [0.29, 0.717) is 24.7 Å². The minimum Gasteiger partial charge on any atom is -0.339 e. The minimum absolute atomic E-state index is 0.207. The Labute approximate surface area is 113 Å². The quantitative estimate of drug-likeness (QED) is 0.836. The van der Waals surface area contributed by atoms with Gasteiger partial charge in [0.1, 0.15) is 0 Å². The summed E-state index contributed by atoms with van der Waals surface area (Å²) >= 11 is 0. The lowest BCUT2D eigenvalue weighted by Crippen LogP contribution is -2.24. The summed E-state index contributed by atoms with van der Waals surface area (Å²) in [5.74, 6) is 2.31. The molecule has 2 fully saturated rings.